The zero-order chi connectivity index (χ0) is 25.3. The highest BCUT2D eigenvalue weighted by Crippen LogP contribution is 2.25. The van der Waals surface area contributed by atoms with Crippen LogP contribution < -0.4 is 14.5 Å². The van der Waals surface area contributed by atoms with Crippen LogP contribution >= 0.6 is 11.8 Å². The lowest BCUT2D eigenvalue weighted by Crippen LogP contribution is -2.39. The molecule has 3 rings (SSSR count). The van der Waals surface area contributed by atoms with E-state index in [1.54, 1.807) is 78.9 Å². The van der Waals surface area contributed by atoms with E-state index in [0.29, 0.717) is 18.0 Å². The molecule has 3 aromatic carbocycles. The van der Waals surface area contributed by atoms with Crippen molar-refractivity contribution in [2.75, 3.05) is 23.7 Å². The standard InChI is InChI=1S/C26H27N3O4S2/c1-4-17-33-23-11-7-21(8-12-23)18-27-28-26(30)19-29(22-9-5-20(2)6-10-22)35(31,32)25-15-13-24(34-3)14-16-25/h4-16,18H,1,17,19H2,2-3H3,(H,28,30)/b27-18-. The molecule has 7 nitrogen and oxygen atoms in total. The molecule has 9 heteroatoms. The van der Waals surface area contributed by atoms with Crippen molar-refractivity contribution in [2.24, 2.45) is 5.10 Å². The molecule has 0 aromatic heterocycles. The minimum Gasteiger partial charge on any atom is -0.490 e. The average Bonchev–Trinajstić information content (AvgIpc) is 2.87. The van der Waals surface area contributed by atoms with Gasteiger partial charge in [0.15, 0.2) is 0 Å². The van der Waals surface area contributed by atoms with Crippen LogP contribution in [0.15, 0.2) is 100 Å². The summed E-state index contributed by atoms with van der Waals surface area (Å²) in [5, 5.41) is 3.97. The lowest BCUT2D eigenvalue weighted by Gasteiger charge is -2.24. The van der Waals surface area contributed by atoms with Gasteiger partial charge < -0.3 is 4.74 Å². The highest BCUT2D eigenvalue weighted by Gasteiger charge is 2.27. The maximum absolute atomic E-state index is 13.4. The van der Waals surface area contributed by atoms with Gasteiger partial charge in [0, 0.05) is 4.90 Å². The van der Waals surface area contributed by atoms with Gasteiger partial charge in [-0.05, 0) is 79.4 Å². The first-order valence-electron chi connectivity index (χ1n) is 10.7. The van der Waals surface area contributed by atoms with Gasteiger partial charge in [0.25, 0.3) is 15.9 Å². The van der Waals surface area contributed by atoms with E-state index in [-0.39, 0.29) is 4.90 Å². The Morgan fingerprint density at radius 1 is 1.06 bits per heavy atom. The quantitative estimate of drug-likeness (QED) is 0.176. The van der Waals surface area contributed by atoms with Gasteiger partial charge in [0.2, 0.25) is 0 Å². The zero-order valence-electron chi connectivity index (χ0n) is 19.5. The fourth-order valence-electron chi connectivity index (χ4n) is 3.05. The second-order valence-corrected chi connectivity index (χ2v) is 10.2. The lowest BCUT2D eigenvalue weighted by atomic mass is 10.2. The number of amides is 1. The Hall–Kier alpha value is -3.56. The summed E-state index contributed by atoms with van der Waals surface area (Å²) in [5.74, 6) is 0.118. The third-order valence-corrected chi connectivity index (χ3v) is 7.44. The molecule has 1 N–H and O–H groups in total. The molecule has 0 saturated heterocycles. The minimum atomic E-state index is -3.99. The normalized spacial score (nSPS) is 11.3. The molecule has 0 aliphatic heterocycles. The summed E-state index contributed by atoms with van der Waals surface area (Å²) in [5.41, 5.74) is 4.52. The fourth-order valence-corrected chi connectivity index (χ4v) is 4.88. The van der Waals surface area contributed by atoms with Crippen molar-refractivity contribution in [2.45, 2.75) is 16.7 Å². The molecule has 35 heavy (non-hydrogen) atoms. The molecule has 0 aliphatic rings. The number of anilines is 1. The molecule has 0 fully saturated rings. The van der Waals surface area contributed by atoms with Gasteiger partial charge in [-0.1, -0.05) is 30.4 Å². The number of rotatable bonds is 11. The number of aryl methyl sites for hydroxylation is 1. The first-order chi connectivity index (χ1) is 16.8. The van der Waals surface area contributed by atoms with Crippen molar-refractivity contribution in [3.8, 4) is 5.75 Å². The van der Waals surface area contributed by atoms with Gasteiger partial charge in [-0.2, -0.15) is 5.10 Å². The van der Waals surface area contributed by atoms with Gasteiger partial charge >= 0.3 is 0 Å². The molecule has 1 amide bonds. The molecule has 0 aliphatic carbocycles. The molecule has 0 radical (unpaired) electrons. The maximum Gasteiger partial charge on any atom is 0.264 e. The van der Waals surface area contributed by atoms with E-state index in [0.717, 1.165) is 20.3 Å². The zero-order valence-corrected chi connectivity index (χ0v) is 21.2. The predicted molar refractivity (Wildman–Crippen MR) is 142 cm³/mol. The predicted octanol–water partition coefficient (Wildman–Crippen LogP) is 4.63. The number of ether oxygens (including phenoxy) is 1. The molecule has 0 heterocycles. The lowest BCUT2D eigenvalue weighted by molar-refractivity contribution is -0.119. The third-order valence-electron chi connectivity index (χ3n) is 4.91. The van der Waals surface area contributed by atoms with Crippen LogP contribution in [0.3, 0.4) is 0 Å². The Balaban J connectivity index is 1.75. The summed E-state index contributed by atoms with van der Waals surface area (Å²) in [6, 6.07) is 20.6. The second kappa shape index (κ2) is 12.2. The monoisotopic (exact) mass is 509 g/mol. The summed E-state index contributed by atoms with van der Waals surface area (Å²) in [6.45, 7) is 5.49. The van der Waals surface area contributed by atoms with Crippen molar-refractivity contribution in [3.05, 3.63) is 96.6 Å². The van der Waals surface area contributed by atoms with Crippen LogP contribution in [0.2, 0.25) is 0 Å². The van der Waals surface area contributed by atoms with Crippen LogP contribution in [0, 0.1) is 6.92 Å². The highest BCUT2D eigenvalue weighted by atomic mass is 32.2. The largest absolute Gasteiger partial charge is 0.490 e. The number of thioether (sulfide) groups is 1. The third kappa shape index (κ3) is 7.21. The first-order valence-corrected chi connectivity index (χ1v) is 13.4. The average molecular weight is 510 g/mol. The number of hydrazone groups is 1. The summed E-state index contributed by atoms with van der Waals surface area (Å²) in [6.07, 6.45) is 5.04. The summed E-state index contributed by atoms with van der Waals surface area (Å²) >= 11 is 1.52. The van der Waals surface area contributed by atoms with Crippen molar-refractivity contribution < 1.29 is 17.9 Å². The number of sulfonamides is 1. The van der Waals surface area contributed by atoms with Crippen LogP contribution in [0.4, 0.5) is 5.69 Å². The van der Waals surface area contributed by atoms with E-state index < -0.39 is 22.5 Å². The van der Waals surface area contributed by atoms with Crippen molar-refractivity contribution in [1.29, 1.82) is 0 Å². The Labute approximate surface area is 210 Å². The van der Waals surface area contributed by atoms with Gasteiger partial charge in [-0.3, -0.25) is 9.10 Å². The van der Waals surface area contributed by atoms with Gasteiger partial charge in [-0.15, -0.1) is 11.8 Å². The summed E-state index contributed by atoms with van der Waals surface area (Å²) in [4.78, 5) is 13.7. The number of hydrogen-bond donors (Lipinski definition) is 1. The fraction of sp³-hybridized carbons (Fsp3) is 0.154. The van der Waals surface area contributed by atoms with Gasteiger partial charge in [-0.25, -0.2) is 13.8 Å². The molecular formula is C26H27N3O4S2. The number of hydrogen-bond acceptors (Lipinski definition) is 6. The number of carbonyl (C=O) groups is 1. The van der Waals surface area contributed by atoms with Crippen LogP contribution in [0.5, 0.6) is 5.75 Å². The maximum atomic E-state index is 13.4. The van der Waals surface area contributed by atoms with E-state index >= 15 is 0 Å². The highest BCUT2D eigenvalue weighted by molar-refractivity contribution is 7.98. The molecule has 0 unspecified atom stereocenters. The van der Waals surface area contributed by atoms with Crippen LogP contribution in [0.25, 0.3) is 0 Å². The van der Waals surface area contributed by atoms with Crippen LogP contribution in [0.1, 0.15) is 11.1 Å². The van der Waals surface area contributed by atoms with Crippen LogP contribution in [-0.2, 0) is 14.8 Å². The van der Waals surface area contributed by atoms with E-state index in [1.165, 1.54) is 18.0 Å². The minimum absolute atomic E-state index is 0.103. The second-order valence-electron chi connectivity index (χ2n) is 7.48. The van der Waals surface area contributed by atoms with E-state index in [2.05, 4.69) is 17.1 Å². The molecule has 0 bridgehead atoms. The number of carbonyl (C=O) groups excluding carboxylic acids is 1. The molecule has 3 aromatic rings. The molecule has 0 spiro atoms. The van der Waals surface area contributed by atoms with E-state index in [4.69, 9.17) is 4.74 Å². The van der Waals surface area contributed by atoms with Gasteiger partial charge in [0.1, 0.15) is 18.9 Å². The SMILES string of the molecule is C=CCOc1ccc(/C=N\NC(=O)CN(c2ccc(C)cc2)S(=O)(=O)c2ccc(SC)cc2)cc1. The van der Waals surface area contributed by atoms with Crippen molar-refractivity contribution in [1.82, 2.24) is 5.43 Å². The Kier molecular flexibility index (Phi) is 9.11. The van der Waals surface area contributed by atoms with Crippen molar-refractivity contribution >= 4 is 39.6 Å². The van der Waals surface area contributed by atoms with E-state index in [1.807, 2.05) is 13.2 Å². The summed E-state index contributed by atoms with van der Waals surface area (Å²) in [7, 11) is -3.99. The number of nitrogens with one attached hydrogen (secondary N) is 1. The van der Waals surface area contributed by atoms with Crippen LogP contribution in [-0.4, -0.2) is 39.9 Å². The Bertz CT molecular complexity index is 1270. The Morgan fingerprint density at radius 3 is 2.31 bits per heavy atom. The molecule has 0 atom stereocenters. The number of benzene rings is 3. The van der Waals surface area contributed by atoms with Crippen molar-refractivity contribution in [3.63, 3.8) is 0 Å². The number of nitrogens with zero attached hydrogens (tertiary/aromatic N) is 2. The topological polar surface area (TPSA) is 88.1 Å². The molecule has 0 saturated carbocycles. The molecule has 182 valence electrons. The van der Waals surface area contributed by atoms with E-state index in [9.17, 15) is 13.2 Å². The molecular weight excluding hydrogens is 482 g/mol. The smallest absolute Gasteiger partial charge is 0.264 e. The first kappa shape index (κ1) is 26.1. The van der Waals surface area contributed by atoms with Gasteiger partial charge in [0.05, 0.1) is 16.8 Å². The summed E-state index contributed by atoms with van der Waals surface area (Å²) < 4.78 is 33.4. The Morgan fingerprint density at radius 2 is 1.71 bits per heavy atom.